The van der Waals surface area contributed by atoms with Crippen LogP contribution in [0.15, 0.2) is 48.6 Å². The fraction of sp³-hybridized carbons (Fsp3) is 0.737. The van der Waals surface area contributed by atoms with Crippen molar-refractivity contribution in [2.75, 3.05) is 26.4 Å². The average Bonchev–Trinajstić information content (AvgIpc) is 3.08. The van der Waals surface area contributed by atoms with Crippen LogP contribution in [-0.2, 0) is 32.7 Å². The number of carbonyl (C=O) groups is 2. The molecule has 0 saturated heterocycles. The minimum absolute atomic E-state index is 0.0748. The normalized spacial score (nSPS) is 15.4. The molecule has 0 rings (SSSR count). The summed E-state index contributed by atoms with van der Waals surface area (Å²) in [5.41, 5.74) is 0. The number of rotatable bonds is 33. The number of carbonyl (C=O) groups excluding carboxylic acids is 2. The number of phosphoric ester groups is 1. The summed E-state index contributed by atoms with van der Waals surface area (Å²) in [7, 11) is -4.64. The monoisotopic (exact) mass is 730 g/mol. The maximum absolute atomic E-state index is 12.5. The maximum atomic E-state index is 12.5. The first-order chi connectivity index (χ1) is 24.0. The van der Waals surface area contributed by atoms with Crippen molar-refractivity contribution in [1.82, 2.24) is 0 Å². The van der Waals surface area contributed by atoms with E-state index in [1.807, 2.05) is 36.5 Å². The van der Waals surface area contributed by atoms with Crippen molar-refractivity contribution in [1.29, 1.82) is 0 Å². The number of hydrogen-bond acceptors (Lipinski definition) is 10. The standard InChI is InChI=1S/C38H67O11P/c1-4-5-6-7-15-20-25-34(40)26-21-16-10-8-9-11-18-23-28-38(43)49-36(32-48-50(44,45)47-30-35(41)29-39)31-46-37(42)27-22-17-13-12-14-19-24-33(2)3/h9-11,15-16,20-21,26,33-36,39-41H,4-8,12-14,17-19,22-25,27-32H2,1-3H3,(H,44,45)/b11-9-,16-10-,20-15-,26-21+/t34-,35-,36+/m0/s1. The second-order valence-electron chi connectivity index (χ2n) is 12.9. The third-order valence-corrected chi connectivity index (χ3v) is 8.45. The summed E-state index contributed by atoms with van der Waals surface area (Å²) in [4.78, 5) is 34.7. The summed E-state index contributed by atoms with van der Waals surface area (Å²) < 4.78 is 32.4. The molecule has 0 radical (unpaired) electrons. The first-order valence-electron chi connectivity index (χ1n) is 18.6. The lowest BCUT2D eigenvalue weighted by Gasteiger charge is -2.20. The molecule has 11 nitrogen and oxygen atoms in total. The van der Waals surface area contributed by atoms with Crippen LogP contribution in [0.25, 0.3) is 0 Å². The summed E-state index contributed by atoms with van der Waals surface area (Å²) >= 11 is 0. The van der Waals surface area contributed by atoms with Crippen LogP contribution in [0.1, 0.15) is 130 Å². The molecule has 0 saturated carbocycles. The third kappa shape index (κ3) is 33.1. The SMILES string of the molecule is CCCCC/C=C\C[C@H](O)/C=C/C=C\C/C=C\CCCC(=O)O[C@H](COC(=O)CCCCCCCCC(C)C)COP(=O)(O)OC[C@@H](O)CO. The van der Waals surface area contributed by atoms with Gasteiger partial charge in [0.25, 0.3) is 0 Å². The van der Waals surface area contributed by atoms with Gasteiger partial charge in [0.15, 0.2) is 6.10 Å². The molecule has 0 aromatic carbocycles. The number of aliphatic hydroxyl groups excluding tert-OH is 3. The Morgan fingerprint density at radius 3 is 2.12 bits per heavy atom. The topological polar surface area (TPSA) is 169 Å². The first kappa shape index (κ1) is 47.9. The molecule has 0 aliphatic rings. The Hall–Kier alpha value is -2.11. The molecule has 0 aliphatic heterocycles. The Kier molecular flexibility index (Phi) is 31.4. The largest absolute Gasteiger partial charge is 0.472 e. The number of ether oxygens (including phenoxy) is 2. The van der Waals surface area contributed by atoms with Gasteiger partial charge >= 0.3 is 19.8 Å². The average molecular weight is 731 g/mol. The zero-order chi connectivity index (χ0) is 37.3. The zero-order valence-electron chi connectivity index (χ0n) is 30.9. The Morgan fingerprint density at radius 2 is 1.40 bits per heavy atom. The lowest BCUT2D eigenvalue weighted by molar-refractivity contribution is -0.161. The second kappa shape index (κ2) is 32.8. The van der Waals surface area contributed by atoms with Crippen molar-refractivity contribution in [3.05, 3.63) is 48.6 Å². The van der Waals surface area contributed by atoms with Gasteiger partial charge in [-0.05, 0) is 50.9 Å². The van der Waals surface area contributed by atoms with Crippen LogP contribution in [0.3, 0.4) is 0 Å². The molecular weight excluding hydrogens is 663 g/mol. The van der Waals surface area contributed by atoms with Crippen LogP contribution in [0, 0.1) is 5.92 Å². The number of unbranched alkanes of at least 4 members (excludes halogenated alkanes) is 9. The lowest BCUT2D eigenvalue weighted by Crippen LogP contribution is -2.29. The van der Waals surface area contributed by atoms with Crippen LogP contribution in [0.2, 0.25) is 0 Å². The molecule has 0 bridgehead atoms. The molecule has 0 amide bonds. The van der Waals surface area contributed by atoms with Gasteiger partial charge in [-0.1, -0.05) is 121 Å². The van der Waals surface area contributed by atoms with Crippen LogP contribution >= 0.6 is 7.82 Å². The smallest absolute Gasteiger partial charge is 0.462 e. The van der Waals surface area contributed by atoms with Gasteiger partial charge in [0.2, 0.25) is 0 Å². The van der Waals surface area contributed by atoms with Gasteiger partial charge in [-0.25, -0.2) is 4.57 Å². The van der Waals surface area contributed by atoms with Crippen LogP contribution in [0.4, 0.5) is 0 Å². The number of phosphoric acid groups is 1. The molecule has 0 aromatic heterocycles. The highest BCUT2D eigenvalue weighted by atomic mass is 31.2. The molecule has 290 valence electrons. The lowest BCUT2D eigenvalue weighted by atomic mass is 10.0. The van der Waals surface area contributed by atoms with Crippen molar-refractivity contribution >= 4 is 19.8 Å². The molecule has 4 N–H and O–H groups in total. The Balaban J connectivity index is 4.57. The fourth-order valence-corrected chi connectivity index (χ4v) is 5.34. The molecule has 4 atom stereocenters. The van der Waals surface area contributed by atoms with E-state index in [1.54, 1.807) is 6.08 Å². The molecule has 0 aliphatic carbocycles. The summed E-state index contributed by atoms with van der Waals surface area (Å²) in [5, 5.41) is 28.2. The molecule has 0 aromatic rings. The molecule has 12 heteroatoms. The zero-order valence-corrected chi connectivity index (χ0v) is 31.8. The van der Waals surface area contributed by atoms with Crippen molar-refractivity contribution in [2.24, 2.45) is 5.92 Å². The highest BCUT2D eigenvalue weighted by molar-refractivity contribution is 7.47. The molecule has 1 unspecified atom stereocenters. The Morgan fingerprint density at radius 1 is 0.740 bits per heavy atom. The highest BCUT2D eigenvalue weighted by Crippen LogP contribution is 2.43. The number of esters is 2. The predicted molar refractivity (Wildman–Crippen MR) is 197 cm³/mol. The van der Waals surface area contributed by atoms with E-state index in [1.165, 1.54) is 38.5 Å². The van der Waals surface area contributed by atoms with Crippen LogP contribution in [0.5, 0.6) is 0 Å². The Labute approximate surface area is 301 Å². The van der Waals surface area contributed by atoms with Gasteiger partial charge in [0, 0.05) is 12.8 Å². The van der Waals surface area contributed by atoms with Gasteiger partial charge in [-0.3, -0.25) is 18.6 Å². The maximum Gasteiger partial charge on any atom is 0.472 e. The molecule has 0 fully saturated rings. The van der Waals surface area contributed by atoms with E-state index in [4.69, 9.17) is 19.1 Å². The van der Waals surface area contributed by atoms with Gasteiger partial charge in [0.05, 0.1) is 25.9 Å². The molecule has 50 heavy (non-hydrogen) atoms. The summed E-state index contributed by atoms with van der Waals surface area (Å²) in [6, 6.07) is 0. The van der Waals surface area contributed by atoms with Gasteiger partial charge < -0.3 is 29.7 Å². The quantitative estimate of drug-likeness (QED) is 0.0171. The van der Waals surface area contributed by atoms with Crippen molar-refractivity contribution < 1.29 is 52.9 Å². The van der Waals surface area contributed by atoms with Gasteiger partial charge in [-0.2, -0.15) is 0 Å². The van der Waals surface area contributed by atoms with E-state index in [9.17, 15) is 29.3 Å². The predicted octanol–water partition coefficient (Wildman–Crippen LogP) is 7.82. The fourth-order valence-electron chi connectivity index (χ4n) is 4.55. The minimum atomic E-state index is -4.64. The number of aliphatic hydroxyl groups is 3. The van der Waals surface area contributed by atoms with E-state index in [-0.39, 0.29) is 19.4 Å². The summed E-state index contributed by atoms with van der Waals surface area (Å²) in [6.07, 6.45) is 27.2. The third-order valence-electron chi connectivity index (χ3n) is 7.49. The highest BCUT2D eigenvalue weighted by Gasteiger charge is 2.27. The second-order valence-corrected chi connectivity index (χ2v) is 14.4. The minimum Gasteiger partial charge on any atom is -0.462 e. The van der Waals surface area contributed by atoms with Crippen molar-refractivity contribution in [2.45, 2.75) is 148 Å². The van der Waals surface area contributed by atoms with Crippen molar-refractivity contribution in [3.63, 3.8) is 0 Å². The van der Waals surface area contributed by atoms with Crippen molar-refractivity contribution in [3.8, 4) is 0 Å². The van der Waals surface area contributed by atoms with E-state index in [2.05, 4.69) is 31.4 Å². The number of allylic oxidation sites excluding steroid dienone is 6. The number of hydrogen-bond donors (Lipinski definition) is 4. The van der Waals surface area contributed by atoms with E-state index in [0.717, 1.165) is 25.7 Å². The molecule has 0 spiro atoms. The van der Waals surface area contributed by atoms with Gasteiger partial charge in [0.1, 0.15) is 12.7 Å². The van der Waals surface area contributed by atoms with E-state index >= 15 is 0 Å². The summed E-state index contributed by atoms with van der Waals surface area (Å²) in [5.74, 6) is -0.330. The molecule has 0 heterocycles. The Bertz CT molecular complexity index is 1010. The molecular formula is C38H67O11P. The first-order valence-corrected chi connectivity index (χ1v) is 20.1. The summed E-state index contributed by atoms with van der Waals surface area (Å²) in [6.45, 7) is 4.37. The van der Waals surface area contributed by atoms with E-state index < -0.39 is 57.9 Å². The van der Waals surface area contributed by atoms with E-state index in [0.29, 0.717) is 38.0 Å². The van der Waals surface area contributed by atoms with Crippen LogP contribution in [-0.4, -0.2) is 76.9 Å². The van der Waals surface area contributed by atoms with Gasteiger partial charge in [-0.15, -0.1) is 0 Å². The van der Waals surface area contributed by atoms with Crippen LogP contribution < -0.4 is 0 Å².